The Balaban J connectivity index is 2.37. The standard InChI is InChI=1S/C13H14BrN/c14-12-6-4-5-11(9-12)13(10-15)7-2-1-3-8-13/h4-6,9H,1-3,7-8H2. The van der Waals surface area contributed by atoms with Crippen LogP contribution in [0.2, 0.25) is 0 Å². The summed E-state index contributed by atoms with van der Waals surface area (Å²) in [6, 6.07) is 10.7. The first-order valence-corrected chi connectivity index (χ1v) is 6.23. The number of rotatable bonds is 1. The van der Waals surface area contributed by atoms with Crippen LogP contribution >= 0.6 is 15.9 Å². The molecule has 2 heteroatoms. The summed E-state index contributed by atoms with van der Waals surface area (Å²) in [4.78, 5) is 0. The summed E-state index contributed by atoms with van der Waals surface area (Å²) in [6.45, 7) is 0. The molecule has 78 valence electrons. The molecule has 2 rings (SSSR count). The van der Waals surface area contributed by atoms with Crippen LogP contribution < -0.4 is 0 Å². The Kier molecular flexibility index (Phi) is 3.11. The largest absolute Gasteiger partial charge is 0.197 e. The lowest BCUT2D eigenvalue weighted by molar-refractivity contribution is 0.366. The molecule has 0 amide bonds. The van der Waals surface area contributed by atoms with E-state index in [2.05, 4.69) is 34.1 Å². The molecule has 0 radical (unpaired) electrons. The minimum Gasteiger partial charge on any atom is -0.197 e. The second kappa shape index (κ2) is 4.37. The van der Waals surface area contributed by atoms with Crippen LogP contribution in [-0.2, 0) is 5.41 Å². The third kappa shape index (κ3) is 2.08. The maximum atomic E-state index is 9.42. The van der Waals surface area contributed by atoms with Gasteiger partial charge in [-0.25, -0.2) is 0 Å². The molecule has 1 nitrogen and oxygen atoms in total. The zero-order valence-electron chi connectivity index (χ0n) is 8.67. The Labute approximate surface area is 99.2 Å². The molecule has 0 N–H and O–H groups in total. The lowest BCUT2D eigenvalue weighted by atomic mass is 9.70. The van der Waals surface area contributed by atoms with Gasteiger partial charge in [0.15, 0.2) is 0 Å². The molecule has 1 aliphatic carbocycles. The van der Waals surface area contributed by atoms with Gasteiger partial charge in [-0.05, 0) is 30.5 Å². The highest BCUT2D eigenvalue weighted by Crippen LogP contribution is 2.39. The second-order valence-corrected chi connectivity index (χ2v) is 5.18. The van der Waals surface area contributed by atoms with Gasteiger partial charge in [0, 0.05) is 4.47 Å². The highest BCUT2D eigenvalue weighted by atomic mass is 79.9. The highest BCUT2D eigenvalue weighted by Gasteiger charge is 2.33. The van der Waals surface area contributed by atoms with Crippen LogP contribution in [0.25, 0.3) is 0 Å². The smallest absolute Gasteiger partial charge is 0.0822 e. The summed E-state index contributed by atoms with van der Waals surface area (Å²) in [5.74, 6) is 0. The molecule has 0 saturated heterocycles. The Morgan fingerprint density at radius 2 is 1.93 bits per heavy atom. The molecule has 0 aromatic heterocycles. The third-order valence-corrected chi connectivity index (χ3v) is 3.79. The first-order valence-electron chi connectivity index (χ1n) is 5.44. The fraction of sp³-hybridized carbons (Fsp3) is 0.462. The van der Waals surface area contributed by atoms with Gasteiger partial charge in [-0.1, -0.05) is 47.3 Å². The average Bonchev–Trinajstić information content (AvgIpc) is 2.30. The predicted octanol–water partition coefficient (Wildman–Crippen LogP) is 4.17. The molecule has 1 aliphatic rings. The SMILES string of the molecule is N#CC1(c2cccc(Br)c2)CCCCC1. The highest BCUT2D eigenvalue weighted by molar-refractivity contribution is 9.10. The fourth-order valence-electron chi connectivity index (χ4n) is 2.41. The van der Waals surface area contributed by atoms with E-state index >= 15 is 0 Å². The molecule has 1 fully saturated rings. The van der Waals surface area contributed by atoms with Gasteiger partial charge < -0.3 is 0 Å². The van der Waals surface area contributed by atoms with E-state index in [4.69, 9.17) is 0 Å². The normalized spacial score (nSPS) is 19.5. The van der Waals surface area contributed by atoms with Crippen molar-refractivity contribution in [3.8, 4) is 6.07 Å². The predicted molar refractivity (Wildman–Crippen MR) is 64.5 cm³/mol. The van der Waals surface area contributed by atoms with Gasteiger partial charge in [0.2, 0.25) is 0 Å². The summed E-state index contributed by atoms with van der Waals surface area (Å²) in [7, 11) is 0. The van der Waals surface area contributed by atoms with Gasteiger partial charge in [-0.2, -0.15) is 5.26 Å². The average molecular weight is 264 g/mol. The quantitative estimate of drug-likeness (QED) is 0.746. The van der Waals surface area contributed by atoms with Gasteiger partial charge in [-0.3, -0.25) is 0 Å². The molecule has 0 aliphatic heterocycles. The van der Waals surface area contributed by atoms with Crippen LogP contribution in [-0.4, -0.2) is 0 Å². The van der Waals surface area contributed by atoms with Crippen molar-refractivity contribution in [3.05, 3.63) is 34.3 Å². The number of halogens is 1. The van der Waals surface area contributed by atoms with Crippen molar-refractivity contribution < 1.29 is 0 Å². The zero-order chi connectivity index (χ0) is 10.7. The number of nitrogens with zero attached hydrogens (tertiary/aromatic N) is 1. The van der Waals surface area contributed by atoms with Crippen molar-refractivity contribution in [3.63, 3.8) is 0 Å². The monoisotopic (exact) mass is 263 g/mol. The van der Waals surface area contributed by atoms with E-state index in [0.29, 0.717) is 0 Å². The van der Waals surface area contributed by atoms with Crippen molar-refractivity contribution in [1.82, 2.24) is 0 Å². The molecule has 1 saturated carbocycles. The lowest BCUT2D eigenvalue weighted by Crippen LogP contribution is -2.26. The van der Waals surface area contributed by atoms with Crippen molar-refractivity contribution >= 4 is 15.9 Å². The number of nitriles is 1. The van der Waals surface area contributed by atoms with Gasteiger partial charge in [0.05, 0.1) is 11.5 Å². The van der Waals surface area contributed by atoms with Gasteiger partial charge in [0.1, 0.15) is 0 Å². The second-order valence-electron chi connectivity index (χ2n) is 4.26. The van der Waals surface area contributed by atoms with Crippen LogP contribution in [0.1, 0.15) is 37.7 Å². The molecule has 15 heavy (non-hydrogen) atoms. The van der Waals surface area contributed by atoms with Gasteiger partial charge >= 0.3 is 0 Å². The topological polar surface area (TPSA) is 23.8 Å². The van der Waals surface area contributed by atoms with E-state index < -0.39 is 0 Å². The Bertz CT molecular complexity index is 386. The molecule has 0 atom stereocenters. The van der Waals surface area contributed by atoms with Crippen molar-refractivity contribution in [1.29, 1.82) is 5.26 Å². The van der Waals surface area contributed by atoms with Gasteiger partial charge in [0.25, 0.3) is 0 Å². The molecule has 0 spiro atoms. The Hall–Kier alpha value is -0.810. The number of hydrogen-bond donors (Lipinski definition) is 0. The van der Waals surface area contributed by atoms with Gasteiger partial charge in [-0.15, -0.1) is 0 Å². The first-order chi connectivity index (χ1) is 7.27. The van der Waals surface area contributed by atoms with Crippen LogP contribution in [0.15, 0.2) is 28.7 Å². The fourth-order valence-corrected chi connectivity index (χ4v) is 2.81. The molecular formula is C13H14BrN. The summed E-state index contributed by atoms with van der Waals surface area (Å²) in [5, 5.41) is 9.42. The summed E-state index contributed by atoms with van der Waals surface area (Å²) >= 11 is 3.47. The zero-order valence-corrected chi connectivity index (χ0v) is 10.3. The molecule has 0 unspecified atom stereocenters. The van der Waals surface area contributed by atoms with E-state index in [1.54, 1.807) is 0 Å². The summed E-state index contributed by atoms with van der Waals surface area (Å²) < 4.78 is 1.07. The van der Waals surface area contributed by atoms with Crippen LogP contribution in [0.4, 0.5) is 0 Å². The van der Waals surface area contributed by atoms with Crippen LogP contribution in [0.3, 0.4) is 0 Å². The Morgan fingerprint density at radius 1 is 1.20 bits per heavy atom. The van der Waals surface area contributed by atoms with E-state index in [0.717, 1.165) is 17.3 Å². The maximum Gasteiger partial charge on any atom is 0.0822 e. The minimum atomic E-state index is -0.220. The van der Waals surface area contributed by atoms with E-state index in [1.807, 2.05) is 12.1 Å². The molecule has 0 heterocycles. The van der Waals surface area contributed by atoms with E-state index in [1.165, 1.54) is 24.8 Å². The summed E-state index contributed by atoms with van der Waals surface area (Å²) in [5.41, 5.74) is 0.959. The number of hydrogen-bond acceptors (Lipinski definition) is 1. The van der Waals surface area contributed by atoms with E-state index in [-0.39, 0.29) is 5.41 Å². The lowest BCUT2D eigenvalue weighted by Gasteiger charge is -2.31. The van der Waals surface area contributed by atoms with Crippen molar-refractivity contribution in [2.24, 2.45) is 0 Å². The van der Waals surface area contributed by atoms with E-state index in [9.17, 15) is 5.26 Å². The number of benzene rings is 1. The van der Waals surface area contributed by atoms with Crippen LogP contribution in [0.5, 0.6) is 0 Å². The molecule has 0 bridgehead atoms. The first kappa shape index (κ1) is 10.7. The molecule has 1 aromatic carbocycles. The van der Waals surface area contributed by atoms with Crippen molar-refractivity contribution in [2.45, 2.75) is 37.5 Å². The molecular weight excluding hydrogens is 250 g/mol. The Morgan fingerprint density at radius 3 is 2.53 bits per heavy atom. The minimum absolute atomic E-state index is 0.220. The molecule has 1 aromatic rings. The summed E-state index contributed by atoms with van der Waals surface area (Å²) in [6.07, 6.45) is 5.66. The maximum absolute atomic E-state index is 9.42. The van der Waals surface area contributed by atoms with Crippen LogP contribution in [0, 0.1) is 11.3 Å². The third-order valence-electron chi connectivity index (χ3n) is 3.30. The van der Waals surface area contributed by atoms with Crippen molar-refractivity contribution in [2.75, 3.05) is 0 Å².